The maximum absolute atomic E-state index is 12.9. The van der Waals surface area contributed by atoms with Crippen molar-refractivity contribution in [3.05, 3.63) is 52.8 Å². The molecule has 1 saturated heterocycles. The fraction of sp³-hybridized carbons (Fsp3) is 0.400. The summed E-state index contributed by atoms with van der Waals surface area (Å²) in [5.41, 5.74) is 3.73. The van der Waals surface area contributed by atoms with E-state index in [1.807, 2.05) is 49.3 Å². The number of rotatable bonds is 4. The molecule has 1 aliphatic rings. The van der Waals surface area contributed by atoms with Crippen LogP contribution in [0.5, 0.6) is 5.75 Å². The lowest BCUT2D eigenvalue weighted by Crippen LogP contribution is -2.51. The molecule has 1 aromatic heterocycles. The molecule has 0 radical (unpaired) electrons. The first kappa shape index (κ1) is 18.0. The molecule has 26 heavy (non-hydrogen) atoms. The van der Waals surface area contributed by atoms with Crippen LogP contribution < -0.4 is 4.74 Å². The standard InChI is InChI=1S/C20H25N3O3/c1-14-10-17(18(26-3)11-15(14)2)20(25)23-8-6-22(7-9-23)19(24)12-16-4-5-21-13-16/h4-5,10-11,13,21H,6-9,12H2,1-3H3. The van der Waals surface area contributed by atoms with Crippen molar-refractivity contribution in [3.63, 3.8) is 0 Å². The van der Waals surface area contributed by atoms with E-state index < -0.39 is 0 Å². The number of benzene rings is 1. The largest absolute Gasteiger partial charge is 0.496 e. The second kappa shape index (κ2) is 7.64. The highest BCUT2D eigenvalue weighted by molar-refractivity contribution is 5.97. The molecule has 2 heterocycles. The van der Waals surface area contributed by atoms with Gasteiger partial charge in [0, 0.05) is 38.6 Å². The van der Waals surface area contributed by atoms with Crippen molar-refractivity contribution in [2.24, 2.45) is 0 Å². The second-order valence-corrected chi connectivity index (χ2v) is 6.71. The van der Waals surface area contributed by atoms with Gasteiger partial charge in [0.05, 0.1) is 19.1 Å². The van der Waals surface area contributed by atoms with Crippen molar-refractivity contribution in [2.75, 3.05) is 33.3 Å². The van der Waals surface area contributed by atoms with E-state index in [2.05, 4.69) is 4.98 Å². The van der Waals surface area contributed by atoms with Crippen LogP contribution in [0.3, 0.4) is 0 Å². The Hall–Kier alpha value is -2.76. The van der Waals surface area contributed by atoms with E-state index in [0.29, 0.717) is 43.9 Å². The minimum Gasteiger partial charge on any atom is -0.496 e. The number of hydrogen-bond donors (Lipinski definition) is 1. The van der Waals surface area contributed by atoms with Crippen molar-refractivity contribution < 1.29 is 14.3 Å². The summed E-state index contributed by atoms with van der Waals surface area (Å²) >= 11 is 0. The molecule has 0 saturated carbocycles. The van der Waals surface area contributed by atoms with Crippen LogP contribution in [0.25, 0.3) is 0 Å². The molecule has 0 aliphatic carbocycles. The summed E-state index contributed by atoms with van der Waals surface area (Å²) in [4.78, 5) is 31.9. The molecule has 0 bridgehead atoms. The van der Waals surface area contributed by atoms with Crippen molar-refractivity contribution in [3.8, 4) is 5.75 Å². The van der Waals surface area contributed by atoms with Crippen LogP contribution >= 0.6 is 0 Å². The van der Waals surface area contributed by atoms with Crippen molar-refractivity contribution in [2.45, 2.75) is 20.3 Å². The third kappa shape index (κ3) is 3.74. The van der Waals surface area contributed by atoms with Gasteiger partial charge in [-0.15, -0.1) is 0 Å². The average molecular weight is 355 g/mol. The van der Waals surface area contributed by atoms with Crippen molar-refractivity contribution in [1.29, 1.82) is 0 Å². The number of ether oxygens (including phenoxy) is 1. The van der Waals surface area contributed by atoms with E-state index in [1.165, 1.54) is 0 Å². The Balaban J connectivity index is 1.63. The van der Waals surface area contributed by atoms with Gasteiger partial charge in [-0.05, 0) is 48.7 Å². The number of aryl methyl sites for hydroxylation is 2. The molecule has 1 aromatic carbocycles. The lowest BCUT2D eigenvalue weighted by molar-refractivity contribution is -0.131. The number of carbonyl (C=O) groups is 2. The topological polar surface area (TPSA) is 65.6 Å². The van der Waals surface area contributed by atoms with Gasteiger partial charge in [-0.3, -0.25) is 9.59 Å². The van der Waals surface area contributed by atoms with Crippen LogP contribution in [-0.2, 0) is 11.2 Å². The molecule has 3 rings (SSSR count). The zero-order valence-corrected chi connectivity index (χ0v) is 15.5. The molecular formula is C20H25N3O3. The zero-order chi connectivity index (χ0) is 18.7. The van der Waals surface area contributed by atoms with E-state index >= 15 is 0 Å². The number of H-pyrrole nitrogens is 1. The first-order valence-corrected chi connectivity index (χ1v) is 8.83. The molecule has 1 N–H and O–H groups in total. The summed E-state index contributed by atoms with van der Waals surface area (Å²) in [6.07, 6.45) is 4.04. The summed E-state index contributed by atoms with van der Waals surface area (Å²) in [5, 5.41) is 0. The zero-order valence-electron chi connectivity index (χ0n) is 15.5. The number of hydrogen-bond acceptors (Lipinski definition) is 3. The van der Waals surface area contributed by atoms with E-state index in [1.54, 1.807) is 12.0 Å². The van der Waals surface area contributed by atoms with Gasteiger partial charge in [0.2, 0.25) is 5.91 Å². The van der Waals surface area contributed by atoms with Crippen LogP contribution in [0.1, 0.15) is 27.0 Å². The summed E-state index contributed by atoms with van der Waals surface area (Å²) in [6.45, 7) is 6.18. The number of nitrogens with zero attached hydrogens (tertiary/aromatic N) is 2. The highest BCUT2D eigenvalue weighted by atomic mass is 16.5. The number of aromatic nitrogens is 1. The third-order valence-corrected chi connectivity index (χ3v) is 4.98. The molecule has 1 aliphatic heterocycles. The number of piperazine rings is 1. The third-order valence-electron chi connectivity index (χ3n) is 4.98. The number of methoxy groups -OCH3 is 1. The Bertz CT molecular complexity index is 791. The maximum atomic E-state index is 12.9. The molecule has 0 atom stereocenters. The first-order valence-electron chi connectivity index (χ1n) is 8.83. The minimum atomic E-state index is -0.0392. The van der Waals surface area contributed by atoms with Gasteiger partial charge in [0.15, 0.2) is 0 Å². The summed E-state index contributed by atoms with van der Waals surface area (Å²) in [5.74, 6) is 0.659. The van der Waals surface area contributed by atoms with Gasteiger partial charge in [0.1, 0.15) is 5.75 Å². The van der Waals surface area contributed by atoms with Gasteiger partial charge < -0.3 is 19.5 Å². The molecule has 1 fully saturated rings. The van der Waals surface area contributed by atoms with E-state index in [-0.39, 0.29) is 11.8 Å². The van der Waals surface area contributed by atoms with Crippen LogP contribution in [0, 0.1) is 13.8 Å². The van der Waals surface area contributed by atoms with Gasteiger partial charge in [-0.2, -0.15) is 0 Å². The van der Waals surface area contributed by atoms with E-state index in [9.17, 15) is 9.59 Å². The molecule has 2 amide bonds. The first-order chi connectivity index (χ1) is 12.5. The van der Waals surface area contributed by atoms with E-state index in [0.717, 1.165) is 16.7 Å². The SMILES string of the molecule is COc1cc(C)c(C)cc1C(=O)N1CCN(C(=O)Cc2cc[nH]c2)CC1. The molecule has 6 nitrogen and oxygen atoms in total. The smallest absolute Gasteiger partial charge is 0.257 e. The monoisotopic (exact) mass is 355 g/mol. The van der Waals surface area contributed by atoms with Crippen LogP contribution in [0.2, 0.25) is 0 Å². The number of nitrogens with one attached hydrogen (secondary N) is 1. The Labute approximate surface area is 153 Å². The Morgan fingerprint density at radius 2 is 1.73 bits per heavy atom. The predicted octanol–water partition coefficient (Wildman–Crippen LogP) is 2.17. The predicted molar refractivity (Wildman–Crippen MR) is 99.4 cm³/mol. The van der Waals surface area contributed by atoms with Gasteiger partial charge >= 0.3 is 0 Å². The Morgan fingerprint density at radius 1 is 1.08 bits per heavy atom. The van der Waals surface area contributed by atoms with Crippen molar-refractivity contribution >= 4 is 11.8 Å². The average Bonchev–Trinajstić information content (AvgIpc) is 3.16. The Kier molecular flexibility index (Phi) is 5.30. The van der Waals surface area contributed by atoms with Crippen LogP contribution in [0.15, 0.2) is 30.6 Å². The highest BCUT2D eigenvalue weighted by Gasteiger charge is 2.26. The lowest BCUT2D eigenvalue weighted by Gasteiger charge is -2.35. The maximum Gasteiger partial charge on any atom is 0.257 e. The quantitative estimate of drug-likeness (QED) is 0.914. The van der Waals surface area contributed by atoms with Gasteiger partial charge in [-0.25, -0.2) is 0 Å². The van der Waals surface area contributed by atoms with E-state index in [4.69, 9.17) is 4.74 Å². The lowest BCUT2D eigenvalue weighted by atomic mass is 10.0. The van der Waals surface area contributed by atoms with Gasteiger partial charge in [-0.1, -0.05) is 0 Å². The molecule has 0 spiro atoms. The number of carbonyl (C=O) groups excluding carboxylic acids is 2. The fourth-order valence-corrected chi connectivity index (χ4v) is 3.21. The molecule has 6 heteroatoms. The molecular weight excluding hydrogens is 330 g/mol. The molecule has 138 valence electrons. The summed E-state index contributed by atoms with van der Waals surface area (Å²) in [6, 6.07) is 5.70. The second-order valence-electron chi connectivity index (χ2n) is 6.71. The highest BCUT2D eigenvalue weighted by Crippen LogP contribution is 2.25. The van der Waals surface area contributed by atoms with Crippen LogP contribution in [-0.4, -0.2) is 59.9 Å². The Morgan fingerprint density at radius 3 is 2.35 bits per heavy atom. The molecule has 0 unspecified atom stereocenters. The summed E-state index contributed by atoms with van der Waals surface area (Å²) < 4.78 is 5.40. The fourth-order valence-electron chi connectivity index (χ4n) is 3.21. The minimum absolute atomic E-state index is 0.0392. The molecule has 2 aromatic rings. The normalized spacial score (nSPS) is 14.4. The van der Waals surface area contributed by atoms with Crippen molar-refractivity contribution in [1.82, 2.24) is 14.8 Å². The summed E-state index contributed by atoms with van der Waals surface area (Å²) in [7, 11) is 1.58. The van der Waals surface area contributed by atoms with Crippen LogP contribution in [0.4, 0.5) is 0 Å². The number of amides is 2. The van der Waals surface area contributed by atoms with Gasteiger partial charge in [0.25, 0.3) is 5.91 Å². The number of aromatic amines is 1.